The van der Waals surface area contributed by atoms with Gasteiger partial charge in [0.15, 0.2) is 0 Å². The summed E-state index contributed by atoms with van der Waals surface area (Å²) in [7, 11) is 0. The molecule has 0 spiro atoms. The van der Waals surface area contributed by atoms with Gasteiger partial charge in [-0.05, 0) is 17.4 Å². The van der Waals surface area contributed by atoms with E-state index in [1.807, 2.05) is 18.2 Å². The smallest absolute Gasteiger partial charge is 0.229 e. The molecule has 0 radical (unpaired) electrons. The highest BCUT2D eigenvalue weighted by Gasteiger charge is 2.42. The molecule has 0 aromatic heterocycles. The van der Waals surface area contributed by atoms with Crippen LogP contribution in [0, 0.1) is 17.8 Å². The number of carbonyl (C=O) groups is 1. The Bertz CT molecular complexity index is 508. The summed E-state index contributed by atoms with van der Waals surface area (Å²) in [5.74, 6) is 1.62. The highest BCUT2D eigenvalue weighted by atomic mass is 16.2. The summed E-state index contributed by atoms with van der Waals surface area (Å²) < 4.78 is 0. The minimum Gasteiger partial charge on any atom is -0.342 e. The van der Waals surface area contributed by atoms with Crippen molar-refractivity contribution in [3.63, 3.8) is 0 Å². The molecule has 4 atom stereocenters. The van der Waals surface area contributed by atoms with Crippen LogP contribution in [0.5, 0.6) is 0 Å². The Morgan fingerprint density at radius 1 is 1.05 bits per heavy atom. The maximum absolute atomic E-state index is 12.9. The van der Waals surface area contributed by atoms with Crippen molar-refractivity contribution in [2.75, 3.05) is 32.7 Å². The quantitative estimate of drug-likeness (QED) is 0.723. The molecule has 1 amide bonds. The minimum atomic E-state index is -0.000754. The van der Waals surface area contributed by atoms with Crippen molar-refractivity contribution in [2.45, 2.75) is 6.04 Å². The zero-order valence-electron chi connectivity index (χ0n) is 12.1. The van der Waals surface area contributed by atoms with Crippen LogP contribution in [0.1, 0.15) is 11.6 Å². The lowest BCUT2D eigenvalue weighted by Crippen LogP contribution is -2.39. The van der Waals surface area contributed by atoms with E-state index in [9.17, 15) is 4.79 Å². The van der Waals surface area contributed by atoms with Crippen molar-refractivity contribution >= 4 is 5.91 Å². The van der Waals surface area contributed by atoms with Gasteiger partial charge in [0.25, 0.3) is 0 Å². The van der Waals surface area contributed by atoms with Crippen LogP contribution in [-0.4, -0.2) is 43.5 Å². The molecule has 3 aliphatic rings. The number of benzene rings is 1. The van der Waals surface area contributed by atoms with Crippen LogP contribution in [0.3, 0.4) is 0 Å². The maximum Gasteiger partial charge on any atom is 0.229 e. The standard InChI is InChI=1S/C16H22N4O/c21-16(20-9-12-6-17-7-13(12)10-20)14-8-18-19-15(14)11-4-2-1-3-5-11/h1-5,12-15,17-19H,6-10H2/t12-,13+,14?,15?. The van der Waals surface area contributed by atoms with Gasteiger partial charge in [0.1, 0.15) is 0 Å². The molecule has 0 aliphatic carbocycles. The fourth-order valence-electron chi connectivity index (χ4n) is 3.97. The third-order valence-corrected chi connectivity index (χ3v) is 5.16. The molecule has 5 heteroatoms. The number of likely N-dealkylation sites (tertiary alicyclic amines) is 1. The molecule has 1 aromatic carbocycles. The van der Waals surface area contributed by atoms with E-state index in [2.05, 4.69) is 33.2 Å². The predicted octanol–water partition coefficient (Wildman–Crippen LogP) is 0.130. The van der Waals surface area contributed by atoms with E-state index in [0.29, 0.717) is 24.3 Å². The second-order valence-corrected chi connectivity index (χ2v) is 6.44. The van der Waals surface area contributed by atoms with Crippen LogP contribution < -0.4 is 16.2 Å². The highest BCUT2D eigenvalue weighted by Crippen LogP contribution is 2.31. The van der Waals surface area contributed by atoms with Crippen LogP contribution in [0.2, 0.25) is 0 Å². The summed E-state index contributed by atoms with van der Waals surface area (Å²) in [4.78, 5) is 15.0. The molecular weight excluding hydrogens is 264 g/mol. The van der Waals surface area contributed by atoms with Gasteiger partial charge in [0, 0.05) is 32.7 Å². The Labute approximate surface area is 125 Å². The van der Waals surface area contributed by atoms with E-state index < -0.39 is 0 Å². The number of hydrazine groups is 1. The second kappa shape index (κ2) is 5.40. The van der Waals surface area contributed by atoms with Crippen molar-refractivity contribution < 1.29 is 4.79 Å². The molecule has 3 aliphatic heterocycles. The Hall–Kier alpha value is -1.43. The van der Waals surface area contributed by atoms with E-state index >= 15 is 0 Å². The lowest BCUT2D eigenvalue weighted by molar-refractivity contribution is -0.134. The van der Waals surface area contributed by atoms with Gasteiger partial charge >= 0.3 is 0 Å². The number of hydrogen-bond donors (Lipinski definition) is 3. The van der Waals surface area contributed by atoms with Crippen LogP contribution in [-0.2, 0) is 4.79 Å². The number of amides is 1. The molecule has 0 saturated carbocycles. The van der Waals surface area contributed by atoms with E-state index in [0.717, 1.165) is 26.2 Å². The summed E-state index contributed by atoms with van der Waals surface area (Å²) in [5.41, 5.74) is 7.62. The Morgan fingerprint density at radius 2 is 1.76 bits per heavy atom. The lowest BCUT2D eigenvalue weighted by atomic mass is 9.94. The van der Waals surface area contributed by atoms with Crippen molar-refractivity contribution in [1.29, 1.82) is 0 Å². The lowest BCUT2D eigenvalue weighted by Gasteiger charge is -2.25. The van der Waals surface area contributed by atoms with Gasteiger partial charge in [0.05, 0.1) is 12.0 Å². The molecule has 21 heavy (non-hydrogen) atoms. The summed E-state index contributed by atoms with van der Waals surface area (Å²) >= 11 is 0. The van der Waals surface area contributed by atoms with Crippen molar-refractivity contribution in [2.24, 2.45) is 17.8 Å². The molecule has 4 rings (SSSR count). The Balaban J connectivity index is 1.49. The first kappa shape index (κ1) is 13.2. The third kappa shape index (κ3) is 2.35. The molecular formula is C16H22N4O. The minimum absolute atomic E-state index is 0.000754. The molecule has 3 heterocycles. The summed E-state index contributed by atoms with van der Waals surface area (Å²) in [6, 6.07) is 10.3. The van der Waals surface area contributed by atoms with Crippen LogP contribution in [0.25, 0.3) is 0 Å². The monoisotopic (exact) mass is 286 g/mol. The largest absolute Gasteiger partial charge is 0.342 e. The summed E-state index contributed by atoms with van der Waals surface area (Å²) in [5, 5.41) is 3.43. The van der Waals surface area contributed by atoms with Crippen molar-refractivity contribution in [1.82, 2.24) is 21.1 Å². The number of nitrogens with zero attached hydrogens (tertiary/aromatic N) is 1. The molecule has 3 N–H and O–H groups in total. The summed E-state index contributed by atoms with van der Waals surface area (Å²) in [6.45, 7) is 4.70. The molecule has 3 fully saturated rings. The fourth-order valence-corrected chi connectivity index (χ4v) is 3.97. The predicted molar refractivity (Wildman–Crippen MR) is 80.2 cm³/mol. The van der Waals surface area contributed by atoms with Crippen molar-refractivity contribution in [3.8, 4) is 0 Å². The van der Waals surface area contributed by atoms with Crippen LogP contribution in [0.15, 0.2) is 30.3 Å². The summed E-state index contributed by atoms with van der Waals surface area (Å²) in [6.07, 6.45) is 0. The number of carbonyl (C=O) groups excluding carboxylic acids is 1. The Morgan fingerprint density at radius 3 is 2.48 bits per heavy atom. The average molecular weight is 286 g/mol. The molecule has 5 nitrogen and oxygen atoms in total. The maximum atomic E-state index is 12.9. The average Bonchev–Trinajstić information content (AvgIpc) is 3.22. The van der Waals surface area contributed by atoms with E-state index in [1.165, 1.54) is 5.56 Å². The zero-order valence-corrected chi connectivity index (χ0v) is 12.1. The molecule has 112 valence electrons. The van der Waals surface area contributed by atoms with Crippen LogP contribution in [0.4, 0.5) is 0 Å². The van der Waals surface area contributed by atoms with Gasteiger partial charge in [-0.15, -0.1) is 0 Å². The third-order valence-electron chi connectivity index (χ3n) is 5.16. The van der Waals surface area contributed by atoms with Gasteiger partial charge < -0.3 is 10.2 Å². The van der Waals surface area contributed by atoms with Gasteiger partial charge in [-0.2, -0.15) is 0 Å². The molecule has 1 aromatic rings. The van der Waals surface area contributed by atoms with E-state index in [-0.39, 0.29) is 12.0 Å². The second-order valence-electron chi connectivity index (χ2n) is 6.44. The highest BCUT2D eigenvalue weighted by molar-refractivity contribution is 5.80. The molecule has 0 bridgehead atoms. The first-order chi connectivity index (χ1) is 10.3. The van der Waals surface area contributed by atoms with Crippen molar-refractivity contribution in [3.05, 3.63) is 35.9 Å². The molecule has 3 saturated heterocycles. The van der Waals surface area contributed by atoms with Gasteiger partial charge in [-0.3, -0.25) is 10.2 Å². The van der Waals surface area contributed by atoms with Gasteiger partial charge in [-0.1, -0.05) is 30.3 Å². The normalized spacial score (nSPS) is 35.1. The first-order valence-corrected chi connectivity index (χ1v) is 7.86. The Kier molecular flexibility index (Phi) is 3.41. The van der Waals surface area contributed by atoms with Crippen LogP contribution >= 0.6 is 0 Å². The molecule has 2 unspecified atom stereocenters. The first-order valence-electron chi connectivity index (χ1n) is 7.86. The number of hydrogen-bond acceptors (Lipinski definition) is 4. The fraction of sp³-hybridized carbons (Fsp3) is 0.562. The topological polar surface area (TPSA) is 56.4 Å². The SMILES string of the molecule is O=C(C1CNNC1c1ccccc1)N1C[C@H]2CNC[C@H]2C1. The number of nitrogens with one attached hydrogen (secondary N) is 3. The zero-order chi connectivity index (χ0) is 14.2. The van der Waals surface area contributed by atoms with Gasteiger partial charge in [-0.25, -0.2) is 5.43 Å². The van der Waals surface area contributed by atoms with Gasteiger partial charge in [0.2, 0.25) is 5.91 Å². The number of fused-ring (bicyclic) bond motifs is 1. The van der Waals surface area contributed by atoms with E-state index in [1.54, 1.807) is 0 Å². The van der Waals surface area contributed by atoms with E-state index in [4.69, 9.17) is 0 Å². The number of rotatable bonds is 2.